The first-order valence-electron chi connectivity index (χ1n) is 8.79. The highest BCUT2D eigenvalue weighted by atomic mass is 19.4. The largest absolute Gasteiger partial charge is 0.455 e. The van der Waals surface area contributed by atoms with Gasteiger partial charge in [-0.3, -0.25) is 4.57 Å². The van der Waals surface area contributed by atoms with Crippen LogP contribution in [0.5, 0.6) is 0 Å². The molecule has 0 fully saturated rings. The van der Waals surface area contributed by atoms with E-state index in [1.807, 2.05) is 6.92 Å². The first kappa shape index (κ1) is 18.5. The Hall–Kier alpha value is -2.81. The van der Waals surface area contributed by atoms with E-state index in [9.17, 15) is 18.3 Å². The SMILES string of the molecule is Cc1cc(CO)oc1-c1nnc(N2Cc3ccccc3C(C(F)(F)F)C2)n1C. The van der Waals surface area contributed by atoms with Crippen molar-refractivity contribution in [3.8, 4) is 11.6 Å². The van der Waals surface area contributed by atoms with Crippen LogP contribution in [0.25, 0.3) is 11.6 Å². The number of aryl methyl sites for hydroxylation is 1. The van der Waals surface area contributed by atoms with Crippen LogP contribution < -0.4 is 4.90 Å². The van der Waals surface area contributed by atoms with Crippen LogP contribution in [-0.2, 0) is 20.2 Å². The Labute approximate surface area is 159 Å². The second-order valence-electron chi connectivity index (χ2n) is 6.94. The number of fused-ring (bicyclic) bond motifs is 1. The van der Waals surface area contributed by atoms with Gasteiger partial charge in [-0.05, 0) is 29.7 Å². The zero-order valence-corrected chi connectivity index (χ0v) is 15.4. The molecule has 0 spiro atoms. The topological polar surface area (TPSA) is 67.3 Å². The third-order valence-corrected chi connectivity index (χ3v) is 5.05. The van der Waals surface area contributed by atoms with Crippen LogP contribution in [0, 0.1) is 6.92 Å². The number of hydrogen-bond acceptors (Lipinski definition) is 5. The summed E-state index contributed by atoms with van der Waals surface area (Å²) in [6.45, 7) is 1.64. The summed E-state index contributed by atoms with van der Waals surface area (Å²) in [6, 6.07) is 8.31. The van der Waals surface area contributed by atoms with Gasteiger partial charge in [-0.25, -0.2) is 0 Å². The number of rotatable bonds is 3. The zero-order chi connectivity index (χ0) is 20.1. The third kappa shape index (κ3) is 3.05. The molecule has 1 unspecified atom stereocenters. The molecule has 1 aliphatic rings. The molecule has 0 radical (unpaired) electrons. The lowest BCUT2D eigenvalue weighted by molar-refractivity contribution is -0.149. The van der Waals surface area contributed by atoms with Gasteiger partial charge in [-0.1, -0.05) is 24.3 Å². The molecule has 1 aromatic carbocycles. The summed E-state index contributed by atoms with van der Waals surface area (Å²) < 4.78 is 48.2. The lowest BCUT2D eigenvalue weighted by Gasteiger charge is -2.35. The van der Waals surface area contributed by atoms with Crippen molar-refractivity contribution in [2.45, 2.75) is 32.2 Å². The van der Waals surface area contributed by atoms with Crippen LogP contribution in [0.1, 0.15) is 28.4 Å². The predicted molar refractivity (Wildman–Crippen MR) is 95.7 cm³/mol. The molecular formula is C19H19F3N4O2. The smallest absolute Gasteiger partial charge is 0.397 e. The fraction of sp³-hybridized carbons (Fsp3) is 0.368. The number of aliphatic hydroxyl groups excluding tert-OH is 1. The van der Waals surface area contributed by atoms with Gasteiger partial charge in [0, 0.05) is 20.1 Å². The Morgan fingerprint density at radius 1 is 1.25 bits per heavy atom. The summed E-state index contributed by atoms with van der Waals surface area (Å²) in [5.41, 5.74) is 1.70. The van der Waals surface area contributed by atoms with E-state index in [0.717, 1.165) is 5.56 Å². The minimum absolute atomic E-state index is 0.231. The monoisotopic (exact) mass is 392 g/mol. The molecule has 0 saturated heterocycles. The molecule has 0 saturated carbocycles. The van der Waals surface area contributed by atoms with Crippen molar-refractivity contribution in [1.29, 1.82) is 0 Å². The Balaban J connectivity index is 1.72. The lowest BCUT2D eigenvalue weighted by Crippen LogP contribution is -2.40. The van der Waals surface area contributed by atoms with Crippen molar-refractivity contribution in [3.05, 3.63) is 52.8 Å². The van der Waals surface area contributed by atoms with Gasteiger partial charge in [0.2, 0.25) is 11.8 Å². The average molecular weight is 392 g/mol. The number of aromatic nitrogens is 3. The Morgan fingerprint density at radius 2 is 2.00 bits per heavy atom. The number of nitrogens with zero attached hydrogens (tertiary/aromatic N) is 4. The Bertz CT molecular complexity index is 1010. The van der Waals surface area contributed by atoms with Crippen molar-refractivity contribution < 1.29 is 22.7 Å². The molecule has 3 aromatic rings. The van der Waals surface area contributed by atoms with Gasteiger partial charge in [0.25, 0.3) is 0 Å². The van der Waals surface area contributed by atoms with Crippen molar-refractivity contribution in [2.24, 2.45) is 7.05 Å². The summed E-state index contributed by atoms with van der Waals surface area (Å²) in [5.74, 6) is -0.0326. The summed E-state index contributed by atoms with van der Waals surface area (Å²) in [5, 5.41) is 17.5. The molecule has 1 atom stereocenters. The van der Waals surface area contributed by atoms with E-state index >= 15 is 0 Å². The predicted octanol–water partition coefficient (Wildman–Crippen LogP) is 3.54. The van der Waals surface area contributed by atoms with E-state index in [0.29, 0.717) is 41.0 Å². The number of anilines is 1. The van der Waals surface area contributed by atoms with Crippen LogP contribution in [0.4, 0.5) is 19.1 Å². The highest BCUT2D eigenvalue weighted by Gasteiger charge is 2.45. The van der Waals surface area contributed by atoms with E-state index in [1.54, 1.807) is 40.8 Å². The average Bonchev–Trinajstić information content (AvgIpc) is 3.22. The fourth-order valence-corrected chi connectivity index (χ4v) is 3.68. The standard InChI is InChI=1S/C19H19F3N4O2/c1-11-7-13(10-27)28-16(11)17-23-24-18(25(17)2)26-8-12-5-3-4-6-14(12)15(9-26)19(20,21)22/h3-7,15,27H,8-10H2,1-2H3. The molecule has 1 aliphatic heterocycles. The maximum Gasteiger partial charge on any atom is 0.397 e. The number of benzene rings is 1. The minimum Gasteiger partial charge on any atom is -0.455 e. The number of hydrogen-bond donors (Lipinski definition) is 1. The van der Waals surface area contributed by atoms with E-state index in [1.165, 1.54) is 6.07 Å². The Kier molecular flexibility index (Phi) is 4.41. The van der Waals surface area contributed by atoms with Crippen LogP contribution in [-0.4, -0.2) is 32.6 Å². The molecule has 1 N–H and O–H groups in total. The van der Waals surface area contributed by atoms with Gasteiger partial charge < -0.3 is 14.4 Å². The second-order valence-corrected chi connectivity index (χ2v) is 6.94. The molecule has 0 bridgehead atoms. The first-order valence-corrected chi connectivity index (χ1v) is 8.79. The number of furan rings is 1. The minimum atomic E-state index is -4.36. The highest BCUT2D eigenvalue weighted by Crippen LogP contribution is 2.41. The molecule has 9 heteroatoms. The van der Waals surface area contributed by atoms with Crippen LogP contribution in [0.3, 0.4) is 0 Å². The van der Waals surface area contributed by atoms with Gasteiger partial charge in [0.05, 0.1) is 5.92 Å². The van der Waals surface area contributed by atoms with Crippen LogP contribution >= 0.6 is 0 Å². The maximum absolute atomic E-state index is 13.7. The van der Waals surface area contributed by atoms with Gasteiger partial charge in [0.15, 0.2) is 5.76 Å². The van der Waals surface area contributed by atoms with E-state index in [4.69, 9.17) is 4.42 Å². The maximum atomic E-state index is 13.7. The molecular weight excluding hydrogens is 373 g/mol. The molecule has 6 nitrogen and oxygen atoms in total. The van der Waals surface area contributed by atoms with Crippen molar-refractivity contribution >= 4 is 5.95 Å². The van der Waals surface area contributed by atoms with Gasteiger partial charge >= 0.3 is 6.18 Å². The molecule has 4 rings (SSSR count). The highest BCUT2D eigenvalue weighted by molar-refractivity contribution is 5.56. The third-order valence-electron chi connectivity index (χ3n) is 5.05. The molecule has 28 heavy (non-hydrogen) atoms. The van der Waals surface area contributed by atoms with Gasteiger partial charge in [0.1, 0.15) is 12.4 Å². The number of alkyl halides is 3. The summed E-state index contributed by atoms with van der Waals surface area (Å²) in [6.07, 6.45) is -4.36. The summed E-state index contributed by atoms with van der Waals surface area (Å²) in [4.78, 5) is 1.59. The van der Waals surface area contributed by atoms with Crippen molar-refractivity contribution in [2.75, 3.05) is 11.4 Å². The van der Waals surface area contributed by atoms with E-state index in [2.05, 4.69) is 10.2 Å². The Morgan fingerprint density at radius 3 is 2.68 bits per heavy atom. The van der Waals surface area contributed by atoms with Gasteiger partial charge in [-0.15, -0.1) is 10.2 Å². The van der Waals surface area contributed by atoms with Gasteiger partial charge in [-0.2, -0.15) is 13.2 Å². The molecule has 0 amide bonds. The van der Waals surface area contributed by atoms with Crippen molar-refractivity contribution in [1.82, 2.24) is 14.8 Å². The van der Waals surface area contributed by atoms with E-state index in [-0.39, 0.29) is 13.2 Å². The van der Waals surface area contributed by atoms with E-state index < -0.39 is 12.1 Å². The van der Waals surface area contributed by atoms with Crippen LogP contribution in [0.15, 0.2) is 34.7 Å². The van der Waals surface area contributed by atoms with Crippen LogP contribution in [0.2, 0.25) is 0 Å². The lowest BCUT2D eigenvalue weighted by atomic mass is 9.89. The second kappa shape index (κ2) is 6.66. The summed E-state index contributed by atoms with van der Waals surface area (Å²) in [7, 11) is 1.69. The molecule has 3 heterocycles. The number of aliphatic hydroxyl groups is 1. The quantitative estimate of drug-likeness (QED) is 0.739. The van der Waals surface area contributed by atoms with Crippen molar-refractivity contribution in [3.63, 3.8) is 0 Å². The molecule has 148 valence electrons. The zero-order valence-electron chi connectivity index (χ0n) is 15.4. The first-order chi connectivity index (χ1) is 13.3. The summed E-state index contributed by atoms with van der Waals surface area (Å²) >= 11 is 0. The normalized spacial score (nSPS) is 17.1. The molecule has 0 aliphatic carbocycles. The fourth-order valence-electron chi connectivity index (χ4n) is 3.68. The number of halogens is 3. The molecule has 2 aromatic heterocycles.